The number of methoxy groups -OCH3 is 1. The van der Waals surface area contributed by atoms with Crippen molar-refractivity contribution in [2.24, 2.45) is 5.73 Å². The molecule has 1 aromatic heterocycles. The number of halogens is 1. The van der Waals surface area contributed by atoms with Gasteiger partial charge in [0.1, 0.15) is 22.4 Å². The van der Waals surface area contributed by atoms with Gasteiger partial charge < -0.3 is 15.5 Å². The van der Waals surface area contributed by atoms with Gasteiger partial charge >= 0.3 is 0 Å². The van der Waals surface area contributed by atoms with E-state index in [2.05, 4.69) is 9.97 Å². The highest BCUT2D eigenvalue weighted by molar-refractivity contribution is 6.31. The number of imidazole rings is 1. The number of H-pyrrole nitrogens is 1. The number of aromatic amines is 1. The highest BCUT2D eigenvalue weighted by atomic mass is 35.5. The number of nitrogens with two attached hydrogens (primary N) is 1. The van der Waals surface area contributed by atoms with Crippen LogP contribution in [-0.4, -0.2) is 23.6 Å². The Hall–Kier alpha value is -1.52. The molecule has 0 bridgehead atoms. The predicted octanol–water partition coefficient (Wildman–Crippen LogP) is 2.55. The van der Waals surface area contributed by atoms with Gasteiger partial charge in [-0.15, -0.1) is 0 Å². The molecule has 0 saturated carbocycles. The van der Waals surface area contributed by atoms with E-state index in [-0.39, 0.29) is 0 Å². The number of rotatable bonds is 4. The fraction of sp³-hybridized carbons (Fsp3) is 0.308. The third-order valence-corrected chi connectivity index (χ3v) is 3.03. The average molecular weight is 266 g/mol. The van der Waals surface area contributed by atoms with E-state index in [0.717, 1.165) is 28.4 Å². The van der Waals surface area contributed by atoms with Crippen molar-refractivity contribution in [1.82, 2.24) is 9.97 Å². The van der Waals surface area contributed by atoms with Crippen molar-refractivity contribution < 1.29 is 4.74 Å². The van der Waals surface area contributed by atoms with Gasteiger partial charge in [0.15, 0.2) is 0 Å². The van der Waals surface area contributed by atoms with Gasteiger partial charge in [-0.1, -0.05) is 11.6 Å². The minimum Gasteiger partial charge on any atom is -0.496 e. The molecule has 4 nitrogen and oxygen atoms in total. The van der Waals surface area contributed by atoms with Crippen molar-refractivity contribution in [3.63, 3.8) is 0 Å². The number of benzene rings is 1. The molecule has 5 heteroatoms. The van der Waals surface area contributed by atoms with Crippen LogP contribution in [-0.2, 0) is 6.42 Å². The van der Waals surface area contributed by atoms with E-state index in [0.29, 0.717) is 18.1 Å². The summed E-state index contributed by atoms with van der Waals surface area (Å²) in [4.78, 5) is 7.49. The normalized spacial score (nSPS) is 10.7. The van der Waals surface area contributed by atoms with Gasteiger partial charge in [-0.05, 0) is 37.2 Å². The number of aromatic nitrogens is 2. The first-order valence-corrected chi connectivity index (χ1v) is 6.13. The lowest BCUT2D eigenvalue weighted by atomic mass is 10.1. The standard InChI is InChI=1S/C13H16ClN3O/c1-8-7-9(3-4-10(8)18-2)12-13(14)17-11(16-12)5-6-15/h3-4,7H,5-6,15H2,1-2H3,(H,16,17). The summed E-state index contributed by atoms with van der Waals surface area (Å²) in [7, 11) is 1.66. The Balaban J connectivity index is 2.39. The van der Waals surface area contributed by atoms with Crippen LogP contribution in [0.15, 0.2) is 18.2 Å². The first-order valence-electron chi connectivity index (χ1n) is 5.75. The lowest BCUT2D eigenvalue weighted by Gasteiger charge is -2.05. The molecule has 3 N–H and O–H groups in total. The largest absolute Gasteiger partial charge is 0.496 e. The van der Waals surface area contributed by atoms with Crippen molar-refractivity contribution in [2.45, 2.75) is 13.3 Å². The van der Waals surface area contributed by atoms with Gasteiger partial charge in [-0.2, -0.15) is 0 Å². The molecule has 96 valence electrons. The molecule has 0 amide bonds. The van der Waals surface area contributed by atoms with Crippen LogP contribution in [0.1, 0.15) is 11.4 Å². The lowest BCUT2D eigenvalue weighted by molar-refractivity contribution is 0.412. The van der Waals surface area contributed by atoms with Gasteiger partial charge in [0.2, 0.25) is 0 Å². The molecule has 0 aliphatic rings. The van der Waals surface area contributed by atoms with E-state index in [1.165, 1.54) is 0 Å². The van der Waals surface area contributed by atoms with E-state index in [1.807, 2.05) is 25.1 Å². The molecule has 1 heterocycles. The van der Waals surface area contributed by atoms with Crippen LogP contribution in [0.5, 0.6) is 5.75 Å². The minimum atomic E-state index is 0.544. The Bertz CT molecular complexity index is 551. The topological polar surface area (TPSA) is 63.9 Å². The van der Waals surface area contributed by atoms with E-state index in [9.17, 15) is 0 Å². The van der Waals surface area contributed by atoms with Gasteiger partial charge in [-0.3, -0.25) is 0 Å². The van der Waals surface area contributed by atoms with Gasteiger partial charge in [0.05, 0.1) is 7.11 Å². The molecule has 0 fully saturated rings. The minimum absolute atomic E-state index is 0.544. The quantitative estimate of drug-likeness (QED) is 0.893. The fourth-order valence-corrected chi connectivity index (χ4v) is 2.13. The molecule has 0 aliphatic heterocycles. The Morgan fingerprint density at radius 3 is 2.83 bits per heavy atom. The smallest absolute Gasteiger partial charge is 0.134 e. The Labute approximate surface area is 111 Å². The van der Waals surface area contributed by atoms with Crippen molar-refractivity contribution in [3.05, 3.63) is 34.7 Å². The summed E-state index contributed by atoms with van der Waals surface area (Å²) < 4.78 is 5.23. The van der Waals surface area contributed by atoms with Crippen molar-refractivity contribution in [2.75, 3.05) is 13.7 Å². The van der Waals surface area contributed by atoms with Crippen molar-refractivity contribution in [1.29, 1.82) is 0 Å². The van der Waals surface area contributed by atoms with Crippen LogP contribution in [0.4, 0.5) is 0 Å². The van der Waals surface area contributed by atoms with E-state index in [1.54, 1.807) is 7.11 Å². The molecular formula is C13H16ClN3O. The zero-order chi connectivity index (χ0) is 13.1. The van der Waals surface area contributed by atoms with Crippen LogP contribution in [0, 0.1) is 6.92 Å². The second kappa shape index (κ2) is 5.42. The average Bonchev–Trinajstić information content (AvgIpc) is 2.71. The number of ether oxygens (including phenoxy) is 1. The van der Waals surface area contributed by atoms with Crippen LogP contribution in [0.3, 0.4) is 0 Å². The summed E-state index contributed by atoms with van der Waals surface area (Å²) in [5, 5.41) is 0.544. The molecule has 0 radical (unpaired) electrons. The maximum Gasteiger partial charge on any atom is 0.134 e. The second-order valence-electron chi connectivity index (χ2n) is 4.07. The van der Waals surface area contributed by atoms with E-state index < -0.39 is 0 Å². The molecule has 18 heavy (non-hydrogen) atoms. The zero-order valence-corrected chi connectivity index (χ0v) is 11.2. The second-order valence-corrected chi connectivity index (χ2v) is 4.45. The number of nitrogens with zero attached hydrogens (tertiary/aromatic N) is 1. The number of nitrogens with one attached hydrogen (secondary N) is 1. The number of hydrogen-bond acceptors (Lipinski definition) is 3. The third kappa shape index (κ3) is 2.49. The van der Waals surface area contributed by atoms with Crippen LogP contribution in [0.2, 0.25) is 5.15 Å². The summed E-state index contributed by atoms with van der Waals surface area (Å²) in [5.41, 5.74) is 8.28. The Kier molecular flexibility index (Phi) is 3.89. The number of hydrogen-bond donors (Lipinski definition) is 2. The van der Waals surface area contributed by atoms with E-state index >= 15 is 0 Å². The maximum absolute atomic E-state index is 6.15. The molecule has 0 unspecified atom stereocenters. The maximum atomic E-state index is 6.15. The first-order chi connectivity index (χ1) is 8.65. The predicted molar refractivity (Wildman–Crippen MR) is 73.1 cm³/mol. The van der Waals surface area contributed by atoms with Crippen LogP contribution < -0.4 is 10.5 Å². The Morgan fingerprint density at radius 2 is 2.22 bits per heavy atom. The summed E-state index contributed by atoms with van der Waals surface area (Å²) in [6.07, 6.45) is 0.689. The SMILES string of the molecule is COc1ccc(-c2nc(CCN)[nH]c2Cl)cc1C. The first kappa shape index (κ1) is 12.9. The third-order valence-electron chi connectivity index (χ3n) is 2.76. The van der Waals surface area contributed by atoms with Crippen LogP contribution >= 0.6 is 11.6 Å². The highest BCUT2D eigenvalue weighted by Crippen LogP contribution is 2.29. The number of aryl methyl sites for hydroxylation is 1. The Morgan fingerprint density at radius 1 is 1.44 bits per heavy atom. The summed E-state index contributed by atoms with van der Waals surface area (Å²) in [6.45, 7) is 2.54. The summed E-state index contributed by atoms with van der Waals surface area (Å²) in [5.74, 6) is 1.67. The van der Waals surface area contributed by atoms with Crippen molar-refractivity contribution in [3.8, 4) is 17.0 Å². The van der Waals surface area contributed by atoms with E-state index in [4.69, 9.17) is 22.1 Å². The fourth-order valence-electron chi connectivity index (χ4n) is 1.87. The van der Waals surface area contributed by atoms with Gasteiger partial charge in [0, 0.05) is 12.0 Å². The van der Waals surface area contributed by atoms with Gasteiger partial charge in [-0.25, -0.2) is 4.98 Å². The molecule has 0 atom stereocenters. The summed E-state index contributed by atoms with van der Waals surface area (Å²) >= 11 is 6.15. The molecular weight excluding hydrogens is 250 g/mol. The molecule has 0 saturated heterocycles. The monoisotopic (exact) mass is 265 g/mol. The lowest BCUT2D eigenvalue weighted by Crippen LogP contribution is -2.03. The molecule has 2 aromatic rings. The van der Waals surface area contributed by atoms with Crippen molar-refractivity contribution >= 4 is 11.6 Å². The molecule has 0 spiro atoms. The van der Waals surface area contributed by atoms with Crippen LogP contribution in [0.25, 0.3) is 11.3 Å². The zero-order valence-electron chi connectivity index (χ0n) is 10.5. The van der Waals surface area contributed by atoms with Gasteiger partial charge in [0.25, 0.3) is 0 Å². The molecule has 2 rings (SSSR count). The highest BCUT2D eigenvalue weighted by Gasteiger charge is 2.11. The molecule has 1 aromatic carbocycles. The summed E-state index contributed by atoms with van der Waals surface area (Å²) in [6, 6.07) is 5.87. The molecule has 0 aliphatic carbocycles.